The lowest BCUT2D eigenvalue weighted by molar-refractivity contribution is -0.142. The third-order valence-corrected chi connectivity index (χ3v) is 1.58. The largest absolute Gasteiger partial charge is 0.460 e. The van der Waals surface area contributed by atoms with Crippen molar-refractivity contribution in [1.82, 2.24) is 0 Å². The lowest BCUT2D eigenvalue weighted by Crippen LogP contribution is -2.10. The van der Waals surface area contributed by atoms with Gasteiger partial charge in [-0.05, 0) is 27.2 Å². The summed E-state index contributed by atoms with van der Waals surface area (Å²) in [7, 11) is 0. The summed E-state index contributed by atoms with van der Waals surface area (Å²) < 4.78 is 9.43. The van der Waals surface area contributed by atoms with Crippen molar-refractivity contribution in [3.8, 4) is 0 Å². The average molecular weight is 242 g/mol. The summed E-state index contributed by atoms with van der Waals surface area (Å²) in [6.07, 6.45) is 3.14. The molecule has 0 saturated carbocycles. The van der Waals surface area contributed by atoms with E-state index in [1.165, 1.54) is 6.08 Å². The van der Waals surface area contributed by atoms with Gasteiger partial charge in [-0.2, -0.15) is 0 Å². The molecule has 0 aliphatic carbocycles. The molecule has 0 rings (SSSR count). The molecule has 0 aromatic rings. The van der Waals surface area contributed by atoms with Crippen molar-refractivity contribution < 1.29 is 19.1 Å². The van der Waals surface area contributed by atoms with Crippen LogP contribution in [0.5, 0.6) is 0 Å². The maximum Gasteiger partial charge on any atom is 0.330 e. The molecule has 1 atom stereocenters. The Morgan fingerprint density at radius 2 is 1.47 bits per heavy atom. The van der Waals surface area contributed by atoms with Gasteiger partial charge in [-0.1, -0.05) is 20.1 Å². The Labute approximate surface area is 103 Å². The Morgan fingerprint density at radius 3 is 1.71 bits per heavy atom. The first kappa shape index (κ1) is 17.8. The Bertz CT molecular complexity index is 256. The minimum Gasteiger partial charge on any atom is -0.460 e. The molecule has 0 heterocycles. The third-order valence-electron chi connectivity index (χ3n) is 1.58. The Hall–Kier alpha value is -1.58. The molecule has 1 unspecified atom stereocenters. The molecular weight excluding hydrogens is 220 g/mol. The van der Waals surface area contributed by atoms with Crippen LogP contribution < -0.4 is 0 Å². The molecule has 0 saturated heterocycles. The Balaban J connectivity index is 0. The molecule has 0 amide bonds. The van der Waals surface area contributed by atoms with E-state index in [-0.39, 0.29) is 24.1 Å². The van der Waals surface area contributed by atoms with Gasteiger partial charge in [0, 0.05) is 12.2 Å². The van der Waals surface area contributed by atoms with E-state index in [9.17, 15) is 9.59 Å². The highest BCUT2D eigenvalue weighted by molar-refractivity contribution is 5.81. The number of carbonyl (C=O) groups is 2. The van der Waals surface area contributed by atoms with Crippen LogP contribution in [0.3, 0.4) is 0 Å². The molecule has 4 nitrogen and oxygen atoms in total. The molecular formula is C13H22O4. The van der Waals surface area contributed by atoms with Crippen molar-refractivity contribution in [2.24, 2.45) is 0 Å². The highest BCUT2D eigenvalue weighted by Gasteiger charge is 2.01. The Kier molecular flexibility index (Phi) is 11.4. The van der Waals surface area contributed by atoms with Gasteiger partial charge < -0.3 is 9.47 Å². The molecule has 0 radical (unpaired) electrons. The van der Waals surface area contributed by atoms with Crippen LogP contribution >= 0.6 is 0 Å². The summed E-state index contributed by atoms with van der Waals surface area (Å²) in [5, 5.41) is 0. The number of hydrogen-bond donors (Lipinski definition) is 0. The van der Waals surface area contributed by atoms with Crippen LogP contribution in [-0.2, 0) is 19.1 Å². The second-order valence-electron chi connectivity index (χ2n) is 3.55. The van der Waals surface area contributed by atoms with Gasteiger partial charge in [-0.3, -0.25) is 0 Å². The topological polar surface area (TPSA) is 52.6 Å². The van der Waals surface area contributed by atoms with Gasteiger partial charge in [0.15, 0.2) is 0 Å². The second kappa shape index (κ2) is 10.9. The molecule has 0 aromatic carbocycles. The predicted molar refractivity (Wildman–Crippen MR) is 67.5 cm³/mol. The SMILES string of the molecule is C=CC(=O)OC(C)C.C=CC(=O)OC(C)CC. The number of hydrogen-bond acceptors (Lipinski definition) is 4. The van der Waals surface area contributed by atoms with Gasteiger partial charge in [0.2, 0.25) is 0 Å². The summed E-state index contributed by atoms with van der Waals surface area (Å²) in [5.74, 6) is -0.704. The van der Waals surface area contributed by atoms with E-state index in [4.69, 9.17) is 4.74 Å². The minimum atomic E-state index is -0.361. The van der Waals surface area contributed by atoms with Gasteiger partial charge in [0.25, 0.3) is 0 Å². The molecule has 0 spiro atoms. The fraction of sp³-hybridized carbons (Fsp3) is 0.538. The van der Waals surface area contributed by atoms with E-state index in [0.717, 1.165) is 12.5 Å². The van der Waals surface area contributed by atoms with Crippen molar-refractivity contribution in [2.45, 2.75) is 46.3 Å². The van der Waals surface area contributed by atoms with E-state index in [1.807, 2.05) is 13.8 Å². The fourth-order valence-corrected chi connectivity index (χ4v) is 0.610. The van der Waals surface area contributed by atoms with Gasteiger partial charge in [0.1, 0.15) is 0 Å². The fourth-order valence-electron chi connectivity index (χ4n) is 0.610. The van der Waals surface area contributed by atoms with E-state index < -0.39 is 0 Å². The summed E-state index contributed by atoms with van der Waals surface area (Å²) in [5.41, 5.74) is 0. The standard InChI is InChI=1S/C7H12O2.C6H10O2/c1-4-6(3)9-7(8)5-2;1-4-6(7)8-5(2)3/h5-6H,2,4H2,1,3H3;4-5H,1H2,2-3H3. The van der Waals surface area contributed by atoms with Crippen LogP contribution in [0, 0.1) is 0 Å². The van der Waals surface area contributed by atoms with Crippen LogP contribution in [-0.4, -0.2) is 24.1 Å². The van der Waals surface area contributed by atoms with Crippen molar-refractivity contribution in [1.29, 1.82) is 0 Å². The molecule has 0 fully saturated rings. The summed E-state index contributed by atoms with van der Waals surface area (Å²) in [6, 6.07) is 0. The van der Waals surface area contributed by atoms with Crippen LogP contribution in [0.1, 0.15) is 34.1 Å². The molecule has 0 N–H and O–H groups in total. The number of esters is 2. The first-order valence-electron chi connectivity index (χ1n) is 5.53. The molecule has 17 heavy (non-hydrogen) atoms. The normalized spacial score (nSPS) is 10.6. The first-order chi connectivity index (χ1) is 7.87. The maximum absolute atomic E-state index is 10.4. The summed E-state index contributed by atoms with van der Waals surface area (Å²) in [4.78, 5) is 20.7. The zero-order valence-electron chi connectivity index (χ0n) is 11.1. The average Bonchev–Trinajstić information content (AvgIpc) is 2.28. The van der Waals surface area contributed by atoms with Gasteiger partial charge in [0.05, 0.1) is 12.2 Å². The maximum atomic E-state index is 10.4. The number of carbonyl (C=O) groups excluding carboxylic acids is 2. The number of ether oxygens (including phenoxy) is 2. The van der Waals surface area contributed by atoms with E-state index in [2.05, 4.69) is 17.9 Å². The van der Waals surface area contributed by atoms with E-state index in [1.54, 1.807) is 13.8 Å². The van der Waals surface area contributed by atoms with E-state index in [0.29, 0.717) is 0 Å². The molecule has 98 valence electrons. The summed E-state index contributed by atoms with van der Waals surface area (Å²) in [6.45, 7) is 13.9. The van der Waals surface area contributed by atoms with Crippen LogP contribution in [0.25, 0.3) is 0 Å². The van der Waals surface area contributed by atoms with E-state index >= 15 is 0 Å². The van der Waals surface area contributed by atoms with Crippen molar-refractivity contribution in [3.05, 3.63) is 25.3 Å². The predicted octanol–water partition coefficient (Wildman–Crippen LogP) is 2.64. The highest BCUT2D eigenvalue weighted by atomic mass is 16.5. The zero-order chi connectivity index (χ0) is 13.8. The van der Waals surface area contributed by atoms with Crippen LogP contribution in [0.4, 0.5) is 0 Å². The zero-order valence-corrected chi connectivity index (χ0v) is 11.1. The van der Waals surface area contributed by atoms with Gasteiger partial charge >= 0.3 is 11.9 Å². The van der Waals surface area contributed by atoms with Gasteiger partial charge in [-0.25, -0.2) is 9.59 Å². The Morgan fingerprint density at radius 1 is 1.06 bits per heavy atom. The lowest BCUT2D eigenvalue weighted by atomic mass is 10.3. The minimum absolute atomic E-state index is 0.00972. The lowest BCUT2D eigenvalue weighted by Gasteiger charge is -2.07. The summed E-state index contributed by atoms with van der Waals surface area (Å²) >= 11 is 0. The molecule has 0 aliphatic heterocycles. The van der Waals surface area contributed by atoms with Crippen molar-refractivity contribution in [3.63, 3.8) is 0 Å². The molecule has 0 aromatic heterocycles. The van der Waals surface area contributed by atoms with Crippen LogP contribution in [0.15, 0.2) is 25.3 Å². The van der Waals surface area contributed by atoms with Gasteiger partial charge in [-0.15, -0.1) is 0 Å². The first-order valence-corrected chi connectivity index (χ1v) is 5.53. The monoisotopic (exact) mass is 242 g/mol. The second-order valence-corrected chi connectivity index (χ2v) is 3.55. The quantitative estimate of drug-likeness (QED) is 0.549. The highest BCUT2D eigenvalue weighted by Crippen LogP contribution is 1.95. The van der Waals surface area contributed by atoms with Crippen molar-refractivity contribution >= 4 is 11.9 Å². The molecule has 0 aliphatic rings. The number of rotatable bonds is 5. The third kappa shape index (κ3) is 14.4. The van der Waals surface area contributed by atoms with Crippen LogP contribution in [0.2, 0.25) is 0 Å². The molecule has 0 bridgehead atoms. The smallest absolute Gasteiger partial charge is 0.330 e. The van der Waals surface area contributed by atoms with Crippen molar-refractivity contribution in [2.75, 3.05) is 0 Å². The molecule has 4 heteroatoms.